The summed E-state index contributed by atoms with van der Waals surface area (Å²) in [5.41, 5.74) is 1.31. The normalized spacial score (nSPS) is 17.3. The maximum absolute atomic E-state index is 4.84. The minimum absolute atomic E-state index is 0.987. The molecule has 2 rings (SSSR count). The quantitative estimate of drug-likeness (QED) is 0.837. The summed E-state index contributed by atoms with van der Waals surface area (Å²) in [7, 11) is 0. The molecule has 0 saturated carbocycles. The zero-order valence-electron chi connectivity index (χ0n) is 13.1. The number of hydrogen-bond donors (Lipinski definition) is 1. The Kier molecular flexibility index (Phi) is 6.97. The molecule has 1 aromatic rings. The Morgan fingerprint density at radius 3 is 2.55 bits per heavy atom. The number of aromatic nitrogens is 1. The maximum atomic E-state index is 4.84. The molecule has 1 N–H and O–H groups in total. The average Bonchev–Trinajstić information content (AvgIpc) is 2.68. The minimum Gasteiger partial charge on any atom is -0.312 e. The third kappa shape index (κ3) is 4.83. The van der Waals surface area contributed by atoms with E-state index in [-0.39, 0.29) is 0 Å². The highest BCUT2D eigenvalue weighted by Crippen LogP contribution is 2.20. The molecule has 20 heavy (non-hydrogen) atoms. The van der Waals surface area contributed by atoms with Crippen molar-refractivity contribution in [1.29, 1.82) is 0 Å². The van der Waals surface area contributed by atoms with Gasteiger partial charge in [0.25, 0.3) is 0 Å². The van der Waals surface area contributed by atoms with E-state index >= 15 is 0 Å². The molecule has 1 aromatic heterocycles. The van der Waals surface area contributed by atoms with E-state index in [9.17, 15) is 0 Å². The van der Waals surface area contributed by atoms with Gasteiger partial charge in [-0.1, -0.05) is 26.7 Å². The third-order valence-corrected chi connectivity index (χ3v) is 5.19. The first kappa shape index (κ1) is 15.9. The summed E-state index contributed by atoms with van der Waals surface area (Å²) in [5.74, 6) is 0. The number of hydrogen-bond acceptors (Lipinski definition) is 4. The summed E-state index contributed by atoms with van der Waals surface area (Å²) in [6.45, 7) is 10.2. The van der Waals surface area contributed by atoms with E-state index in [4.69, 9.17) is 4.98 Å². The second-order valence-electron chi connectivity index (χ2n) is 5.62. The van der Waals surface area contributed by atoms with Crippen LogP contribution in [0.2, 0.25) is 0 Å². The van der Waals surface area contributed by atoms with Crippen molar-refractivity contribution >= 4 is 11.3 Å². The van der Waals surface area contributed by atoms with Crippen LogP contribution in [0.25, 0.3) is 0 Å². The van der Waals surface area contributed by atoms with Crippen LogP contribution in [-0.4, -0.2) is 36.1 Å². The van der Waals surface area contributed by atoms with Gasteiger partial charge in [-0.25, -0.2) is 4.98 Å². The lowest BCUT2D eigenvalue weighted by atomic mass is 10.2. The molecule has 0 unspecified atom stereocenters. The van der Waals surface area contributed by atoms with Gasteiger partial charge in [0, 0.05) is 24.4 Å². The van der Waals surface area contributed by atoms with Gasteiger partial charge < -0.3 is 10.2 Å². The van der Waals surface area contributed by atoms with Gasteiger partial charge in [0.05, 0.1) is 10.7 Å². The van der Waals surface area contributed by atoms with Crippen LogP contribution < -0.4 is 5.32 Å². The summed E-state index contributed by atoms with van der Waals surface area (Å²) in [6, 6.07) is 0. The van der Waals surface area contributed by atoms with Gasteiger partial charge in [-0.15, -0.1) is 11.3 Å². The fraction of sp³-hybridized carbons (Fsp3) is 0.812. The highest BCUT2D eigenvalue weighted by Gasteiger charge is 2.12. The average molecular weight is 295 g/mol. The van der Waals surface area contributed by atoms with Gasteiger partial charge in [-0.2, -0.15) is 0 Å². The molecule has 1 aliphatic heterocycles. The van der Waals surface area contributed by atoms with Crippen molar-refractivity contribution in [2.75, 3.05) is 26.2 Å². The zero-order valence-corrected chi connectivity index (χ0v) is 13.9. The van der Waals surface area contributed by atoms with Crippen LogP contribution in [0.4, 0.5) is 0 Å². The van der Waals surface area contributed by atoms with Crippen LogP contribution >= 0.6 is 11.3 Å². The van der Waals surface area contributed by atoms with E-state index < -0.39 is 0 Å². The fourth-order valence-corrected chi connectivity index (χ4v) is 3.93. The van der Waals surface area contributed by atoms with E-state index in [2.05, 4.69) is 24.1 Å². The summed E-state index contributed by atoms with van der Waals surface area (Å²) >= 11 is 1.92. The lowest BCUT2D eigenvalue weighted by Crippen LogP contribution is -2.26. The molecule has 0 amide bonds. The molecule has 1 aliphatic rings. The van der Waals surface area contributed by atoms with Crippen molar-refractivity contribution in [2.45, 2.75) is 58.9 Å². The molecule has 0 spiro atoms. The molecule has 0 aliphatic carbocycles. The van der Waals surface area contributed by atoms with Gasteiger partial charge in [0.2, 0.25) is 0 Å². The second kappa shape index (κ2) is 8.75. The largest absolute Gasteiger partial charge is 0.312 e. The predicted octanol–water partition coefficient (Wildman–Crippen LogP) is 3.23. The molecule has 0 radical (unpaired) electrons. The zero-order chi connectivity index (χ0) is 14.2. The first-order valence-corrected chi connectivity index (χ1v) is 9.05. The van der Waals surface area contributed by atoms with Crippen molar-refractivity contribution in [3.63, 3.8) is 0 Å². The predicted molar refractivity (Wildman–Crippen MR) is 87.5 cm³/mol. The van der Waals surface area contributed by atoms with Gasteiger partial charge in [-0.05, 0) is 38.9 Å². The van der Waals surface area contributed by atoms with E-state index in [1.54, 1.807) is 0 Å². The minimum atomic E-state index is 0.987. The van der Waals surface area contributed by atoms with E-state index in [1.807, 2.05) is 11.3 Å². The summed E-state index contributed by atoms with van der Waals surface area (Å²) in [6.07, 6.45) is 7.78. The first-order valence-electron chi connectivity index (χ1n) is 8.24. The summed E-state index contributed by atoms with van der Waals surface area (Å²) in [4.78, 5) is 8.91. The Morgan fingerprint density at radius 2 is 1.90 bits per heavy atom. The summed E-state index contributed by atoms with van der Waals surface area (Å²) in [5, 5.41) is 4.76. The van der Waals surface area contributed by atoms with Crippen molar-refractivity contribution in [2.24, 2.45) is 0 Å². The first-order chi connectivity index (χ1) is 9.83. The van der Waals surface area contributed by atoms with Crippen LogP contribution in [0.3, 0.4) is 0 Å². The van der Waals surface area contributed by atoms with Gasteiger partial charge in [0.1, 0.15) is 0 Å². The van der Waals surface area contributed by atoms with Gasteiger partial charge in [0.15, 0.2) is 0 Å². The highest BCUT2D eigenvalue weighted by atomic mass is 32.1. The molecular formula is C16H29N3S. The van der Waals surface area contributed by atoms with Crippen LogP contribution in [0.15, 0.2) is 0 Å². The van der Waals surface area contributed by atoms with E-state index in [0.29, 0.717) is 0 Å². The number of nitrogens with one attached hydrogen (secondary N) is 1. The smallest absolute Gasteiger partial charge is 0.0944 e. The number of aryl methyl sites for hydroxylation is 1. The van der Waals surface area contributed by atoms with Crippen molar-refractivity contribution in [1.82, 2.24) is 15.2 Å². The Hall–Kier alpha value is -0.450. The van der Waals surface area contributed by atoms with E-state index in [1.165, 1.54) is 60.9 Å². The van der Waals surface area contributed by atoms with Crippen LogP contribution in [0, 0.1) is 0 Å². The van der Waals surface area contributed by atoms with Crippen LogP contribution in [0.5, 0.6) is 0 Å². The monoisotopic (exact) mass is 295 g/mol. The van der Waals surface area contributed by atoms with Crippen molar-refractivity contribution in [3.05, 3.63) is 15.6 Å². The number of rotatable bonds is 7. The molecule has 0 aromatic carbocycles. The van der Waals surface area contributed by atoms with Crippen LogP contribution in [-0.2, 0) is 19.4 Å². The molecule has 2 heterocycles. The molecule has 4 heteroatoms. The molecule has 1 fully saturated rings. The molecule has 0 bridgehead atoms. The SMILES string of the molecule is CCNCc1sc(CCN2CCCCCC2)nc1CC. The van der Waals surface area contributed by atoms with Gasteiger partial charge in [-0.3, -0.25) is 0 Å². The number of likely N-dealkylation sites (tertiary alicyclic amines) is 1. The Bertz CT molecular complexity index is 381. The summed E-state index contributed by atoms with van der Waals surface area (Å²) < 4.78 is 0. The second-order valence-corrected chi connectivity index (χ2v) is 6.79. The fourth-order valence-electron chi connectivity index (χ4n) is 2.81. The van der Waals surface area contributed by atoms with Crippen molar-refractivity contribution in [3.8, 4) is 0 Å². The Morgan fingerprint density at radius 1 is 1.15 bits per heavy atom. The molecule has 114 valence electrons. The lowest BCUT2D eigenvalue weighted by molar-refractivity contribution is 0.288. The topological polar surface area (TPSA) is 28.2 Å². The van der Waals surface area contributed by atoms with Gasteiger partial charge >= 0.3 is 0 Å². The standard InChI is InChI=1S/C16H29N3S/c1-3-14-15(13-17-4-2)20-16(18-14)9-12-19-10-7-5-6-8-11-19/h17H,3-13H2,1-2H3. The van der Waals surface area contributed by atoms with Crippen LogP contribution in [0.1, 0.15) is 55.1 Å². The molecule has 1 saturated heterocycles. The van der Waals surface area contributed by atoms with Crippen molar-refractivity contribution < 1.29 is 0 Å². The maximum Gasteiger partial charge on any atom is 0.0944 e. The number of thiazole rings is 1. The highest BCUT2D eigenvalue weighted by molar-refractivity contribution is 7.11. The third-order valence-electron chi connectivity index (χ3n) is 4.03. The lowest BCUT2D eigenvalue weighted by Gasteiger charge is -2.18. The Labute approximate surface area is 127 Å². The Balaban J connectivity index is 1.86. The number of nitrogens with zero attached hydrogens (tertiary/aromatic N) is 2. The molecule has 0 atom stereocenters. The molecular weight excluding hydrogens is 266 g/mol. The molecule has 3 nitrogen and oxygen atoms in total. The van der Waals surface area contributed by atoms with E-state index in [0.717, 1.165) is 25.9 Å².